The van der Waals surface area contributed by atoms with Crippen LogP contribution in [0, 0.1) is 0 Å². The molecule has 4 rings (SSSR count). The average molecular weight is 354 g/mol. The smallest absolute Gasteiger partial charge is 0.271 e. The molecule has 1 aliphatic heterocycles. The second-order valence-corrected chi connectivity index (χ2v) is 6.06. The summed E-state index contributed by atoms with van der Waals surface area (Å²) in [6.45, 7) is 1.84. The average Bonchev–Trinajstić information content (AvgIpc) is 3.38. The molecule has 1 aliphatic rings. The molecule has 0 bridgehead atoms. The molecular formula is C16H18N8O2. The Bertz CT molecular complexity index is 840. The van der Waals surface area contributed by atoms with Crippen LogP contribution < -0.4 is 0 Å². The zero-order valence-electron chi connectivity index (χ0n) is 14.0. The van der Waals surface area contributed by atoms with Crippen LogP contribution in [-0.2, 0) is 11.3 Å². The van der Waals surface area contributed by atoms with E-state index in [2.05, 4.69) is 30.7 Å². The lowest BCUT2D eigenvalue weighted by atomic mass is 10.1. The fourth-order valence-electron chi connectivity index (χ4n) is 2.90. The number of likely N-dealkylation sites (tertiary alicyclic amines) is 1. The highest BCUT2D eigenvalue weighted by molar-refractivity contribution is 5.92. The molecule has 26 heavy (non-hydrogen) atoms. The van der Waals surface area contributed by atoms with Crippen molar-refractivity contribution >= 4 is 5.91 Å². The van der Waals surface area contributed by atoms with E-state index in [1.807, 2.05) is 12.1 Å². The number of H-pyrrole nitrogens is 1. The fourth-order valence-corrected chi connectivity index (χ4v) is 2.90. The monoisotopic (exact) mass is 354 g/mol. The van der Waals surface area contributed by atoms with Gasteiger partial charge in [-0.2, -0.15) is 9.78 Å². The van der Waals surface area contributed by atoms with Gasteiger partial charge in [0.1, 0.15) is 12.0 Å². The van der Waals surface area contributed by atoms with Gasteiger partial charge in [0.25, 0.3) is 5.91 Å². The maximum Gasteiger partial charge on any atom is 0.271 e. The van der Waals surface area contributed by atoms with Crippen molar-refractivity contribution in [1.82, 2.24) is 40.3 Å². The first-order valence-corrected chi connectivity index (χ1v) is 8.38. The Hall–Kier alpha value is -3.14. The van der Waals surface area contributed by atoms with E-state index in [1.165, 1.54) is 11.0 Å². The van der Waals surface area contributed by atoms with Crippen molar-refractivity contribution in [3.05, 3.63) is 48.2 Å². The van der Waals surface area contributed by atoms with Crippen molar-refractivity contribution in [2.75, 3.05) is 13.1 Å². The fraction of sp³-hybridized carbons (Fsp3) is 0.375. The molecule has 0 saturated carbocycles. The minimum Gasteiger partial charge on any atom is -0.373 e. The molecule has 134 valence electrons. The molecular weight excluding hydrogens is 336 g/mol. The van der Waals surface area contributed by atoms with Crippen molar-refractivity contribution in [2.45, 2.75) is 25.6 Å². The van der Waals surface area contributed by atoms with Gasteiger partial charge >= 0.3 is 0 Å². The van der Waals surface area contributed by atoms with E-state index >= 15 is 0 Å². The first-order chi connectivity index (χ1) is 12.8. The van der Waals surface area contributed by atoms with E-state index in [0.717, 1.165) is 18.4 Å². The first-order valence-electron chi connectivity index (χ1n) is 8.38. The number of pyridine rings is 1. The molecule has 0 aliphatic carbocycles. The Labute approximate surface area is 149 Å². The van der Waals surface area contributed by atoms with E-state index in [1.54, 1.807) is 23.4 Å². The number of hydrogen-bond donors (Lipinski definition) is 1. The lowest BCUT2D eigenvalue weighted by Crippen LogP contribution is -2.41. The van der Waals surface area contributed by atoms with Crippen molar-refractivity contribution in [3.8, 4) is 5.82 Å². The van der Waals surface area contributed by atoms with E-state index in [0.29, 0.717) is 31.2 Å². The number of ether oxygens (including phenoxy) is 1. The number of carbonyl (C=O) groups excluding carboxylic acids is 1. The zero-order chi connectivity index (χ0) is 17.8. The molecule has 10 nitrogen and oxygen atoms in total. The number of amides is 1. The third kappa shape index (κ3) is 3.59. The van der Waals surface area contributed by atoms with Gasteiger partial charge in [0, 0.05) is 31.5 Å². The molecule has 0 aromatic carbocycles. The Morgan fingerprint density at radius 2 is 2.23 bits per heavy atom. The van der Waals surface area contributed by atoms with E-state index in [4.69, 9.17) is 4.74 Å². The normalized spacial score (nSPS) is 15.3. The first kappa shape index (κ1) is 16.3. The lowest BCUT2D eigenvalue weighted by Gasteiger charge is -2.31. The number of nitrogens with zero attached hydrogens (tertiary/aromatic N) is 7. The molecule has 1 saturated heterocycles. The number of piperidine rings is 1. The minimum atomic E-state index is -0.0810. The van der Waals surface area contributed by atoms with Crippen molar-refractivity contribution in [3.63, 3.8) is 0 Å². The summed E-state index contributed by atoms with van der Waals surface area (Å²) >= 11 is 0. The summed E-state index contributed by atoms with van der Waals surface area (Å²) in [4.78, 5) is 18.5. The molecule has 0 radical (unpaired) electrons. The van der Waals surface area contributed by atoms with Gasteiger partial charge in [0.2, 0.25) is 0 Å². The van der Waals surface area contributed by atoms with Gasteiger partial charge in [-0.15, -0.1) is 5.10 Å². The van der Waals surface area contributed by atoms with E-state index < -0.39 is 0 Å². The maximum absolute atomic E-state index is 12.6. The highest BCUT2D eigenvalue weighted by Crippen LogP contribution is 2.17. The maximum atomic E-state index is 12.6. The van der Waals surface area contributed by atoms with Crippen LogP contribution in [0.5, 0.6) is 0 Å². The van der Waals surface area contributed by atoms with Crippen LogP contribution in [0.15, 0.2) is 36.9 Å². The molecule has 0 atom stereocenters. The third-order valence-corrected chi connectivity index (χ3v) is 4.32. The number of aromatic amines is 1. The summed E-state index contributed by atoms with van der Waals surface area (Å²) < 4.78 is 7.33. The second kappa shape index (κ2) is 7.40. The summed E-state index contributed by atoms with van der Waals surface area (Å²) in [7, 11) is 0. The van der Waals surface area contributed by atoms with Gasteiger partial charge in [0.15, 0.2) is 5.82 Å². The summed E-state index contributed by atoms with van der Waals surface area (Å²) in [6.07, 6.45) is 6.74. The Kier molecular flexibility index (Phi) is 4.65. The van der Waals surface area contributed by atoms with Crippen molar-refractivity contribution in [2.24, 2.45) is 0 Å². The molecule has 0 spiro atoms. The summed E-state index contributed by atoms with van der Waals surface area (Å²) in [5, 5.41) is 17.7. The Balaban J connectivity index is 1.29. The zero-order valence-corrected chi connectivity index (χ0v) is 14.0. The number of hydrogen-bond acceptors (Lipinski definition) is 7. The molecule has 0 unspecified atom stereocenters. The molecule has 10 heteroatoms. The third-order valence-electron chi connectivity index (χ3n) is 4.32. The predicted molar refractivity (Wildman–Crippen MR) is 89.3 cm³/mol. The minimum absolute atomic E-state index is 0.0810. The van der Waals surface area contributed by atoms with E-state index in [-0.39, 0.29) is 12.0 Å². The second-order valence-electron chi connectivity index (χ2n) is 6.06. The number of carbonyl (C=O) groups is 1. The highest BCUT2D eigenvalue weighted by Gasteiger charge is 2.25. The van der Waals surface area contributed by atoms with Crippen LogP contribution in [-0.4, -0.2) is 65.4 Å². The SMILES string of the molecule is O=C(c1cc(-n2cnnn2)n[nH]1)N1CCC(OCc2cccnc2)CC1. The summed E-state index contributed by atoms with van der Waals surface area (Å²) in [6, 6.07) is 5.53. The van der Waals surface area contributed by atoms with Crippen molar-refractivity contribution in [1.29, 1.82) is 0 Å². The number of aromatic nitrogens is 7. The predicted octanol–water partition coefficient (Wildman–Crippen LogP) is 0.602. The molecule has 3 aromatic rings. The largest absolute Gasteiger partial charge is 0.373 e. The molecule has 4 heterocycles. The molecule has 3 aromatic heterocycles. The molecule has 1 N–H and O–H groups in total. The Morgan fingerprint density at radius 1 is 1.35 bits per heavy atom. The Morgan fingerprint density at radius 3 is 2.96 bits per heavy atom. The quantitative estimate of drug-likeness (QED) is 0.713. The lowest BCUT2D eigenvalue weighted by molar-refractivity contribution is -0.000597. The van der Waals surface area contributed by atoms with Crippen LogP contribution in [0.1, 0.15) is 28.9 Å². The summed E-state index contributed by atoms with van der Waals surface area (Å²) in [5.74, 6) is 0.399. The number of nitrogens with one attached hydrogen (secondary N) is 1. The standard InChI is InChI=1S/C16H18N8O2/c25-16(14-8-15(20-19-14)24-11-18-21-22-24)23-6-3-13(4-7-23)26-10-12-2-1-5-17-9-12/h1-2,5,8-9,11,13H,3-4,6-7,10H2,(H,19,20). The van der Waals surface area contributed by atoms with Crippen LogP contribution >= 0.6 is 0 Å². The van der Waals surface area contributed by atoms with Gasteiger partial charge in [0.05, 0.1) is 12.7 Å². The van der Waals surface area contributed by atoms with Crippen LogP contribution in [0.3, 0.4) is 0 Å². The number of tetrazole rings is 1. The van der Waals surface area contributed by atoms with Gasteiger partial charge in [-0.3, -0.25) is 14.9 Å². The van der Waals surface area contributed by atoms with Gasteiger partial charge in [-0.05, 0) is 34.9 Å². The van der Waals surface area contributed by atoms with E-state index in [9.17, 15) is 4.79 Å². The summed E-state index contributed by atoms with van der Waals surface area (Å²) in [5.41, 5.74) is 1.48. The van der Waals surface area contributed by atoms with Gasteiger partial charge < -0.3 is 9.64 Å². The topological polar surface area (TPSA) is 115 Å². The van der Waals surface area contributed by atoms with Crippen LogP contribution in [0.4, 0.5) is 0 Å². The van der Waals surface area contributed by atoms with Gasteiger partial charge in [-0.1, -0.05) is 6.07 Å². The molecule has 1 fully saturated rings. The van der Waals surface area contributed by atoms with Gasteiger partial charge in [-0.25, -0.2) is 0 Å². The van der Waals surface area contributed by atoms with Crippen molar-refractivity contribution < 1.29 is 9.53 Å². The molecule has 1 amide bonds. The number of rotatable bonds is 5. The van der Waals surface area contributed by atoms with Crippen LogP contribution in [0.2, 0.25) is 0 Å². The highest BCUT2D eigenvalue weighted by atomic mass is 16.5. The van der Waals surface area contributed by atoms with Crippen LogP contribution in [0.25, 0.3) is 5.82 Å².